The van der Waals surface area contributed by atoms with Crippen LogP contribution in [0.1, 0.15) is 6.42 Å². The number of carbonyl (C=O) groups is 1. The second-order valence-electron chi connectivity index (χ2n) is 2.90. The molecule has 0 aliphatic heterocycles. The molecule has 0 aromatic heterocycles. The topological polar surface area (TPSA) is 96.0 Å². The minimum absolute atomic E-state index is 0.0860. The number of benzene rings is 1. The van der Waals surface area contributed by atoms with Gasteiger partial charge in [-0.15, -0.1) is 0 Å². The lowest BCUT2D eigenvalue weighted by atomic mass is 10.2. The zero-order valence-corrected chi connectivity index (χ0v) is 12.0. The van der Waals surface area contributed by atoms with Crippen LogP contribution in [0.3, 0.4) is 0 Å². The highest BCUT2D eigenvalue weighted by Gasteiger charge is 2.21. The van der Waals surface area contributed by atoms with Gasteiger partial charge in [-0.05, 0) is 50.7 Å². The van der Waals surface area contributed by atoms with Gasteiger partial charge in [0.25, 0.3) is 0 Å². The van der Waals surface area contributed by atoms with Crippen LogP contribution in [-0.4, -0.2) is 10.8 Å². The molecule has 0 bridgehead atoms. The number of nitro groups is 1. The molecule has 6 nitrogen and oxygen atoms in total. The summed E-state index contributed by atoms with van der Waals surface area (Å²) >= 11 is 4.98. The van der Waals surface area contributed by atoms with E-state index in [1.807, 2.05) is 22.6 Å². The van der Waals surface area contributed by atoms with Gasteiger partial charge in [-0.25, -0.2) is 0 Å². The molecule has 17 heavy (non-hydrogen) atoms. The van der Waals surface area contributed by atoms with Gasteiger partial charge in [-0.1, -0.05) is 0 Å². The molecule has 88 valence electrons. The predicted molar refractivity (Wildman–Crippen MR) is 72.4 cm³/mol. The summed E-state index contributed by atoms with van der Waals surface area (Å²) in [5.74, 6) is -0.575. The van der Waals surface area contributed by atoms with E-state index in [0.29, 0.717) is 8.04 Å². The first-order valence-electron chi connectivity index (χ1n) is 4.26. The lowest BCUT2D eigenvalue weighted by molar-refractivity contribution is -0.384. The largest absolute Gasteiger partial charge is 0.319 e. The minimum Gasteiger partial charge on any atom is -0.319 e. The van der Waals surface area contributed by atoms with Crippen LogP contribution in [0, 0.1) is 25.0 Å². The molecule has 0 radical (unpaired) electrons. The van der Waals surface area contributed by atoms with E-state index in [4.69, 9.17) is 5.26 Å². The maximum atomic E-state index is 11.2. The Labute approximate surface area is 118 Å². The number of nitro benzene ring substituents is 1. The van der Waals surface area contributed by atoms with E-state index in [0.717, 1.165) is 0 Å². The summed E-state index contributed by atoms with van der Waals surface area (Å²) in [6.07, 6.45) is -0.343. The van der Waals surface area contributed by atoms with Crippen molar-refractivity contribution < 1.29 is 9.72 Å². The molecule has 1 aromatic carbocycles. The van der Waals surface area contributed by atoms with Crippen molar-refractivity contribution in [3.05, 3.63) is 30.3 Å². The van der Waals surface area contributed by atoms with Crippen LogP contribution in [0.15, 0.2) is 16.6 Å². The molecule has 0 aliphatic carbocycles. The van der Waals surface area contributed by atoms with Gasteiger partial charge in [0.05, 0.1) is 11.0 Å². The number of nitrogens with zero attached hydrogens (tertiary/aromatic N) is 2. The number of halogens is 2. The lowest BCUT2D eigenvalue weighted by Crippen LogP contribution is -2.12. The number of hydrogen-bond acceptors (Lipinski definition) is 4. The third kappa shape index (κ3) is 3.37. The molecular formula is C9H5BrIN3O3. The van der Waals surface area contributed by atoms with Gasteiger partial charge >= 0.3 is 5.69 Å². The molecule has 1 amide bonds. The van der Waals surface area contributed by atoms with E-state index in [1.165, 1.54) is 6.07 Å². The highest BCUT2D eigenvalue weighted by Crippen LogP contribution is 2.35. The zero-order chi connectivity index (χ0) is 13.0. The van der Waals surface area contributed by atoms with E-state index in [-0.39, 0.29) is 17.8 Å². The SMILES string of the molecule is N#CCC(=O)Nc1ccc(Br)c(I)c1[N+](=O)[O-]. The number of hydrogen-bond donors (Lipinski definition) is 1. The molecule has 0 saturated heterocycles. The molecule has 1 N–H and O–H groups in total. The van der Waals surface area contributed by atoms with Crippen LogP contribution < -0.4 is 5.32 Å². The molecule has 1 aromatic rings. The van der Waals surface area contributed by atoms with Gasteiger partial charge in [-0.3, -0.25) is 14.9 Å². The average Bonchev–Trinajstić information content (AvgIpc) is 2.23. The zero-order valence-electron chi connectivity index (χ0n) is 8.24. The normalized spacial score (nSPS) is 9.47. The van der Waals surface area contributed by atoms with Crippen LogP contribution in [0.5, 0.6) is 0 Å². The maximum absolute atomic E-state index is 11.2. The monoisotopic (exact) mass is 409 g/mol. The Hall–Kier alpha value is -1.21. The van der Waals surface area contributed by atoms with Gasteiger partial charge in [-0.2, -0.15) is 5.26 Å². The smallest absolute Gasteiger partial charge is 0.307 e. The number of anilines is 1. The van der Waals surface area contributed by atoms with E-state index < -0.39 is 10.8 Å². The van der Waals surface area contributed by atoms with E-state index >= 15 is 0 Å². The summed E-state index contributed by atoms with van der Waals surface area (Å²) in [7, 11) is 0. The Morgan fingerprint density at radius 1 is 1.65 bits per heavy atom. The van der Waals surface area contributed by atoms with Crippen LogP contribution in [0.25, 0.3) is 0 Å². The summed E-state index contributed by atoms with van der Waals surface area (Å²) in [5, 5.41) is 21.6. The second kappa shape index (κ2) is 5.92. The fourth-order valence-electron chi connectivity index (χ4n) is 1.09. The second-order valence-corrected chi connectivity index (χ2v) is 4.83. The van der Waals surface area contributed by atoms with Crippen molar-refractivity contribution in [2.45, 2.75) is 6.42 Å². The van der Waals surface area contributed by atoms with Crippen molar-refractivity contribution in [2.75, 3.05) is 5.32 Å². The van der Waals surface area contributed by atoms with Crippen molar-refractivity contribution >= 4 is 55.8 Å². The van der Waals surface area contributed by atoms with Crippen LogP contribution in [0.4, 0.5) is 11.4 Å². The molecule has 0 atom stereocenters. The van der Waals surface area contributed by atoms with Gasteiger partial charge < -0.3 is 5.32 Å². The Balaban J connectivity index is 3.17. The molecule has 0 aliphatic rings. The first kappa shape index (κ1) is 13.9. The fraction of sp³-hybridized carbons (Fsp3) is 0.111. The Bertz CT molecular complexity index is 527. The standard InChI is InChI=1S/C9H5BrIN3O3/c10-5-1-2-6(13-7(15)3-4-12)9(8(5)11)14(16)17/h1-2H,3H2,(H,13,15). The van der Waals surface area contributed by atoms with Gasteiger partial charge in [0.1, 0.15) is 15.7 Å². The molecule has 0 heterocycles. The highest BCUT2D eigenvalue weighted by molar-refractivity contribution is 14.1. The first-order valence-corrected chi connectivity index (χ1v) is 6.13. The van der Waals surface area contributed by atoms with Crippen molar-refractivity contribution in [3.8, 4) is 6.07 Å². The molecule has 0 unspecified atom stereocenters. The number of nitrogens with one attached hydrogen (secondary N) is 1. The van der Waals surface area contributed by atoms with Crippen molar-refractivity contribution in [3.63, 3.8) is 0 Å². The van der Waals surface area contributed by atoms with Crippen LogP contribution in [0.2, 0.25) is 0 Å². The molecule has 0 saturated carbocycles. The Morgan fingerprint density at radius 2 is 2.29 bits per heavy atom. The van der Waals surface area contributed by atoms with E-state index in [1.54, 1.807) is 12.1 Å². The first-order chi connectivity index (χ1) is 7.97. The number of rotatable bonds is 3. The van der Waals surface area contributed by atoms with E-state index in [9.17, 15) is 14.9 Å². The summed E-state index contributed by atoms with van der Waals surface area (Å²) in [5.41, 5.74) is -0.103. The number of carbonyl (C=O) groups excluding carboxylic acids is 1. The lowest BCUT2D eigenvalue weighted by Gasteiger charge is -2.06. The molecule has 0 fully saturated rings. The summed E-state index contributed by atoms with van der Waals surface area (Å²) < 4.78 is 0.963. The summed E-state index contributed by atoms with van der Waals surface area (Å²) in [4.78, 5) is 21.5. The molecular weight excluding hydrogens is 405 g/mol. The van der Waals surface area contributed by atoms with Gasteiger partial charge in [0.15, 0.2) is 0 Å². The summed E-state index contributed by atoms with van der Waals surface area (Å²) in [6, 6.07) is 4.68. The number of amides is 1. The number of nitriles is 1. The average molecular weight is 410 g/mol. The molecule has 8 heteroatoms. The third-order valence-corrected chi connectivity index (χ3v) is 4.26. The third-order valence-electron chi connectivity index (χ3n) is 1.77. The Morgan fingerprint density at radius 3 is 2.82 bits per heavy atom. The fourth-order valence-corrected chi connectivity index (χ4v) is 2.07. The van der Waals surface area contributed by atoms with Crippen LogP contribution in [-0.2, 0) is 4.79 Å². The van der Waals surface area contributed by atoms with Crippen molar-refractivity contribution in [2.24, 2.45) is 0 Å². The maximum Gasteiger partial charge on any atom is 0.307 e. The predicted octanol–water partition coefficient (Wildman–Crippen LogP) is 2.81. The van der Waals surface area contributed by atoms with Crippen molar-refractivity contribution in [1.29, 1.82) is 5.26 Å². The van der Waals surface area contributed by atoms with Crippen molar-refractivity contribution in [1.82, 2.24) is 0 Å². The van der Waals surface area contributed by atoms with Crippen LogP contribution >= 0.6 is 38.5 Å². The molecule has 1 rings (SSSR count). The van der Waals surface area contributed by atoms with Gasteiger partial charge in [0.2, 0.25) is 5.91 Å². The summed E-state index contributed by atoms with van der Waals surface area (Å²) in [6.45, 7) is 0. The van der Waals surface area contributed by atoms with E-state index in [2.05, 4.69) is 21.2 Å². The quantitative estimate of drug-likeness (QED) is 0.471. The molecule has 0 spiro atoms. The highest BCUT2D eigenvalue weighted by atomic mass is 127. The minimum atomic E-state index is -0.575. The Kier molecular flexibility index (Phi) is 4.83. The van der Waals surface area contributed by atoms with Gasteiger partial charge in [0, 0.05) is 4.47 Å².